The van der Waals surface area contributed by atoms with Gasteiger partial charge >= 0.3 is 6.09 Å². The van der Waals surface area contributed by atoms with Crippen molar-refractivity contribution >= 4 is 6.09 Å². The Labute approximate surface area is 99.6 Å². The van der Waals surface area contributed by atoms with E-state index in [0.717, 1.165) is 12.0 Å². The minimum atomic E-state index is -0.289. The Morgan fingerprint density at radius 3 is 3.06 bits per heavy atom. The lowest BCUT2D eigenvalue weighted by Crippen LogP contribution is -2.37. The van der Waals surface area contributed by atoms with E-state index in [0.29, 0.717) is 25.4 Å². The van der Waals surface area contributed by atoms with Gasteiger partial charge in [0.1, 0.15) is 0 Å². The van der Waals surface area contributed by atoms with E-state index < -0.39 is 0 Å². The van der Waals surface area contributed by atoms with Crippen LogP contribution in [0.2, 0.25) is 0 Å². The molecule has 0 aliphatic carbocycles. The molecule has 2 rings (SSSR count). The van der Waals surface area contributed by atoms with Crippen LogP contribution in [-0.2, 0) is 11.3 Å². The summed E-state index contributed by atoms with van der Waals surface area (Å²) in [6.07, 6.45) is 0.560. The maximum Gasteiger partial charge on any atom is 0.410 e. The Balaban J connectivity index is 2.10. The molecule has 1 fully saturated rings. The van der Waals surface area contributed by atoms with Gasteiger partial charge in [0.25, 0.3) is 0 Å². The molecule has 1 aromatic carbocycles. The van der Waals surface area contributed by atoms with Gasteiger partial charge in [-0.3, -0.25) is 0 Å². The lowest BCUT2D eigenvalue weighted by atomic mass is 10.2. The van der Waals surface area contributed by atoms with Gasteiger partial charge in [-0.05, 0) is 24.1 Å². The number of benzene rings is 1. The zero-order chi connectivity index (χ0) is 12.3. The number of cyclic esters (lactones) is 1. The quantitative estimate of drug-likeness (QED) is 0.870. The number of hydrogen-bond acceptors (Lipinski definition) is 4. The largest absolute Gasteiger partial charge is 0.504 e. The molecule has 92 valence electrons. The third kappa shape index (κ3) is 2.61. The van der Waals surface area contributed by atoms with E-state index in [4.69, 9.17) is 9.47 Å². The van der Waals surface area contributed by atoms with E-state index in [-0.39, 0.29) is 11.8 Å². The highest BCUT2D eigenvalue weighted by atomic mass is 16.6. The Bertz CT molecular complexity index is 419. The van der Waals surface area contributed by atoms with Crippen LogP contribution in [-0.4, -0.2) is 36.4 Å². The number of carbonyl (C=O) groups is 1. The fourth-order valence-corrected chi connectivity index (χ4v) is 1.78. The highest BCUT2D eigenvalue weighted by Crippen LogP contribution is 2.27. The summed E-state index contributed by atoms with van der Waals surface area (Å²) in [4.78, 5) is 13.1. The van der Waals surface area contributed by atoms with Crippen LogP contribution in [0.25, 0.3) is 0 Å². The number of ether oxygens (including phenoxy) is 2. The Morgan fingerprint density at radius 2 is 2.35 bits per heavy atom. The average molecular weight is 237 g/mol. The zero-order valence-corrected chi connectivity index (χ0v) is 9.68. The number of carbonyl (C=O) groups excluding carboxylic acids is 1. The molecule has 1 saturated heterocycles. The van der Waals surface area contributed by atoms with Gasteiger partial charge in [-0.2, -0.15) is 0 Å². The van der Waals surface area contributed by atoms with Crippen molar-refractivity contribution in [1.82, 2.24) is 4.90 Å². The van der Waals surface area contributed by atoms with Crippen LogP contribution in [0, 0.1) is 0 Å². The first-order valence-electron chi connectivity index (χ1n) is 5.48. The average Bonchev–Trinajstić information content (AvgIpc) is 2.34. The van der Waals surface area contributed by atoms with Crippen LogP contribution >= 0.6 is 0 Å². The van der Waals surface area contributed by atoms with Gasteiger partial charge in [-0.1, -0.05) is 6.07 Å². The Hall–Kier alpha value is -1.91. The molecule has 1 aliphatic heterocycles. The normalized spacial score (nSPS) is 15.6. The molecule has 0 bridgehead atoms. The predicted molar refractivity (Wildman–Crippen MR) is 61.0 cm³/mol. The Morgan fingerprint density at radius 1 is 1.53 bits per heavy atom. The van der Waals surface area contributed by atoms with E-state index in [1.54, 1.807) is 23.1 Å². The number of nitrogens with zero attached hydrogens (tertiary/aromatic N) is 1. The number of rotatable bonds is 3. The van der Waals surface area contributed by atoms with Crippen molar-refractivity contribution in [3.63, 3.8) is 0 Å². The van der Waals surface area contributed by atoms with Crippen LogP contribution in [0.3, 0.4) is 0 Å². The molecule has 1 aromatic rings. The number of phenols is 1. The highest BCUT2D eigenvalue weighted by molar-refractivity contribution is 5.68. The maximum absolute atomic E-state index is 11.4. The van der Waals surface area contributed by atoms with Crippen molar-refractivity contribution in [2.45, 2.75) is 13.0 Å². The fraction of sp³-hybridized carbons (Fsp3) is 0.417. The molecule has 0 aromatic heterocycles. The molecular weight excluding hydrogens is 222 g/mol. The molecule has 5 heteroatoms. The van der Waals surface area contributed by atoms with E-state index >= 15 is 0 Å². The zero-order valence-electron chi connectivity index (χ0n) is 9.68. The van der Waals surface area contributed by atoms with Gasteiger partial charge in [0, 0.05) is 13.1 Å². The van der Waals surface area contributed by atoms with Crippen molar-refractivity contribution < 1.29 is 19.4 Å². The highest BCUT2D eigenvalue weighted by Gasteiger charge is 2.19. The number of hydrogen-bond donors (Lipinski definition) is 1. The maximum atomic E-state index is 11.4. The molecule has 5 nitrogen and oxygen atoms in total. The lowest BCUT2D eigenvalue weighted by Gasteiger charge is -2.26. The number of phenolic OH excluding ortho intramolecular Hbond substituents is 1. The predicted octanol–water partition coefficient (Wildman–Crippen LogP) is 1.74. The minimum Gasteiger partial charge on any atom is -0.504 e. The minimum absolute atomic E-state index is 0.0949. The molecule has 1 heterocycles. The molecule has 0 spiro atoms. The molecule has 0 atom stereocenters. The summed E-state index contributed by atoms with van der Waals surface area (Å²) in [5.74, 6) is 0.505. The van der Waals surface area contributed by atoms with Gasteiger partial charge in [0.05, 0.1) is 13.7 Å². The molecule has 17 heavy (non-hydrogen) atoms. The summed E-state index contributed by atoms with van der Waals surface area (Å²) in [5, 5.41) is 9.46. The molecule has 1 N–H and O–H groups in total. The van der Waals surface area contributed by atoms with E-state index in [1.165, 1.54) is 7.11 Å². The molecular formula is C12H15NO4. The fourth-order valence-electron chi connectivity index (χ4n) is 1.78. The topological polar surface area (TPSA) is 59.0 Å². The van der Waals surface area contributed by atoms with Gasteiger partial charge < -0.3 is 19.5 Å². The van der Waals surface area contributed by atoms with Crippen LogP contribution in [0.4, 0.5) is 4.79 Å². The van der Waals surface area contributed by atoms with Gasteiger partial charge in [0.2, 0.25) is 0 Å². The molecule has 0 radical (unpaired) electrons. The van der Waals surface area contributed by atoms with Gasteiger partial charge in [-0.25, -0.2) is 4.79 Å². The first-order chi connectivity index (χ1) is 8.20. The summed E-state index contributed by atoms with van der Waals surface area (Å²) < 4.78 is 9.97. The monoisotopic (exact) mass is 237 g/mol. The number of aromatic hydroxyl groups is 1. The van der Waals surface area contributed by atoms with Crippen LogP contribution < -0.4 is 4.74 Å². The smallest absolute Gasteiger partial charge is 0.410 e. The van der Waals surface area contributed by atoms with Gasteiger partial charge in [0.15, 0.2) is 11.5 Å². The molecule has 1 aliphatic rings. The van der Waals surface area contributed by atoms with E-state index in [9.17, 15) is 9.90 Å². The second kappa shape index (κ2) is 4.95. The van der Waals surface area contributed by atoms with E-state index in [1.807, 2.05) is 0 Å². The summed E-state index contributed by atoms with van der Waals surface area (Å²) in [7, 11) is 1.49. The standard InChI is InChI=1S/C12H15NO4/c1-16-11-7-9(3-4-10(11)14)8-13-5-2-6-17-12(13)15/h3-4,7,14H,2,5-6,8H2,1H3. The Kier molecular flexibility index (Phi) is 3.37. The van der Waals surface area contributed by atoms with Crippen molar-refractivity contribution in [3.8, 4) is 11.5 Å². The van der Waals surface area contributed by atoms with Crippen molar-refractivity contribution in [2.75, 3.05) is 20.3 Å². The number of methoxy groups -OCH3 is 1. The summed E-state index contributed by atoms with van der Waals surface area (Å²) in [6.45, 7) is 1.66. The lowest BCUT2D eigenvalue weighted by molar-refractivity contribution is 0.0700. The second-order valence-corrected chi connectivity index (χ2v) is 3.90. The van der Waals surface area contributed by atoms with Gasteiger partial charge in [-0.15, -0.1) is 0 Å². The third-order valence-corrected chi connectivity index (χ3v) is 2.67. The summed E-state index contributed by atoms with van der Waals surface area (Å²) >= 11 is 0. The van der Waals surface area contributed by atoms with Crippen LogP contribution in [0.5, 0.6) is 11.5 Å². The van der Waals surface area contributed by atoms with E-state index in [2.05, 4.69) is 0 Å². The first kappa shape index (κ1) is 11.6. The second-order valence-electron chi connectivity index (χ2n) is 3.90. The van der Waals surface area contributed by atoms with Crippen LogP contribution in [0.15, 0.2) is 18.2 Å². The first-order valence-corrected chi connectivity index (χ1v) is 5.48. The molecule has 0 saturated carbocycles. The third-order valence-electron chi connectivity index (χ3n) is 2.67. The summed E-state index contributed by atoms with van der Waals surface area (Å²) in [6, 6.07) is 5.04. The van der Waals surface area contributed by atoms with Crippen molar-refractivity contribution in [1.29, 1.82) is 0 Å². The van der Waals surface area contributed by atoms with Crippen molar-refractivity contribution in [2.24, 2.45) is 0 Å². The molecule has 0 unspecified atom stereocenters. The van der Waals surface area contributed by atoms with Crippen molar-refractivity contribution in [3.05, 3.63) is 23.8 Å². The SMILES string of the molecule is COc1cc(CN2CCCOC2=O)ccc1O. The molecule has 1 amide bonds. The number of amides is 1. The summed E-state index contributed by atoms with van der Waals surface area (Å²) in [5.41, 5.74) is 0.901. The van der Waals surface area contributed by atoms with Crippen LogP contribution in [0.1, 0.15) is 12.0 Å².